The van der Waals surface area contributed by atoms with E-state index in [9.17, 15) is 8.42 Å². The number of rotatable bonds is 5. The van der Waals surface area contributed by atoms with Gasteiger partial charge in [-0.15, -0.1) is 0 Å². The van der Waals surface area contributed by atoms with Crippen LogP contribution < -0.4 is 4.74 Å². The molecular formula is C11H13ClN4O3S. The predicted octanol–water partition coefficient (Wildman–Crippen LogP) is 1.29. The Morgan fingerprint density at radius 2 is 2.20 bits per heavy atom. The van der Waals surface area contributed by atoms with Gasteiger partial charge in [-0.25, -0.2) is 13.4 Å². The number of aromatic amines is 1. The Morgan fingerprint density at radius 3 is 2.75 bits per heavy atom. The highest BCUT2D eigenvalue weighted by molar-refractivity contribution is 7.89. The average Bonchev–Trinajstić information content (AvgIpc) is 2.91. The van der Waals surface area contributed by atoms with E-state index in [0.717, 1.165) is 4.31 Å². The van der Waals surface area contributed by atoms with Crippen LogP contribution in [0.1, 0.15) is 5.82 Å². The third-order valence-electron chi connectivity index (χ3n) is 2.67. The molecule has 9 heteroatoms. The molecule has 2 rings (SSSR count). The fourth-order valence-electron chi connectivity index (χ4n) is 1.59. The van der Waals surface area contributed by atoms with E-state index in [1.165, 1.54) is 38.7 Å². The number of hydrogen-bond acceptors (Lipinski definition) is 5. The maximum Gasteiger partial charge on any atom is 0.243 e. The van der Waals surface area contributed by atoms with Gasteiger partial charge < -0.3 is 4.74 Å². The zero-order valence-corrected chi connectivity index (χ0v) is 12.4. The van der Waals surface area contributed by atoms with Gasteiger partial charge in [0.25, 0.3) is 0 Å². The summed E-state index contributed by atoms with van der Waals surface area (Å²) in [7, 11) is -0.739. The number of methoxy groups -OCH3 is 1. The molecule has 108 valence electrons. The predicted molar refractivity (Wildman–Crippen MR) is 73.0 cm³/mol. The maximum absolute atomic E-state index is 12.4. The van der Waals surface area contributed by atoms with Gasteiger partial charge in [-0.1, -0.05) is 11.6 Å². The van der Waals surface area contributed by atoms with Crippen LogP contribution in [0.5, 0.6) is 5.75 Å². The SMILES string of the molecule is COc1ccc(S(=O)(=O)N(C)Cc2ncn[nH]2)cc1Cl. The lowest BCUT2D eigenvalue weighted by molar-refractivity contribution is 0.414. The lowest BCUT2D eigenvalue weighted by Crippen LogP contribution is -2.27. The van der Waals surface area contributed by atoms with Crippen LogP contribution in [0.4, 0.5) is 0 Å². The average molecular weight is 317 g/mol. The Bertz CT molecular complexity index is 688. The topological polar surface area (TPSA) is 88.2 Å². The first-order valence-corrected chi connectivity index (χ1v) is 7.41. The van der Waals surface area contributed by atoms with Crippen molar-refractivity contribution in [1.29, 1.82) is 0 Å². The van der Waals surface area contributed by atoms with Crippen LogP contribution in [0.2, 0.25) is 5.02 Å². The second kappa shape index (κ2) is 5.78. The van der Waals surface area contributed by atoms with E-state index in [4.69, 9.17) is 16.3 Å². The summed E-state index contributed by atoms with van der Waals surface area (Å²) in [6.45, 7) is 0.0893. The number of aromatic nitrogens is 3. The molecule has 0 amide bonds. The van der Waals surface area contributed by atoms with Crippen LogP contribution in [0.3, 0.4) is 0 Å². The van der Waals surface area contributed by atoms with E-state index in [-0.39, 0.29) is 16.5 Å². The van der Waals surface area contributed by atoms with E-state index in [0.29, 0.717) is 11.6 Å². The minimum Gasteiger partial charge on any atom is -0.495 e. The fraction of sp³-hybridized carbons (Fsp3) is 0.273. The van der Waals surface area contributed by atoms with Crippen molar-refractivity contribution in [2.75, 3.05) is 14.2 Å². The van der Waals surface area contributed by atoms with Gasteiger partial charge >= 0.3 is 0 Å². The largest absolute Gasteiger partial charge is 0.495 e. The quantitative estimate of drug-likeness (QED) is 0.898. The van der Waals surface area contributed by atoms with Crippen LogP contribution in [0.15, 0.2) is 29.4 Å². The molecule has 0 bridgehead atoms. The maximum atomic E-state index is 12.4. The highest BCUT2D eigenvalue weighted by Crippen LogP contribution is 2.28. The number of nitrogens with zero attached hydrogens (tertiary/aromatic N) is 3. The molecule has 1 heterocycles. The van der Waals surface area contributed by atoms with Crippen molar-refractivity contribution in [3.05, 3.63) is 35.4 Å². The number of benzene rings is 1. The van der Waals surface area contributed by atoms with Gasteiger partial charge in [0.05, 0.1) is 23.6 Å². The summed E-state index contributed by atoms with van der Waals surface area (Å²) in [6.07, 6.45) is 1.32. The van der Waals surface area contributed by atoms with Crippen molar-refractivity contribution >= 4 is 21.6 Å². The molecule has 0 fully saturated rings. The second-order valence-corrected chi connectivity index (χ2v) is 6.44. The zero-order chi connectivity index (χ0) is 14.8. The molecule has 0 saturated heterocycles. The number of hydrogen-bond donors (Lipinski definition) is 1. The van der Waals surface area contributed by atoms with E-state index in [2.05, 4.69) is 15.2 Å². The van der Waals surface area contributed by atoms with Crippen LogP contribution >= 0.6 is 11.6 Å². The lowest BCUT2D eigenvalue weighted by Gasteiger charge is -2.16. The molecule has 0 aliphatic heterocycles. The van der Waals surface area contributed by atoms with E-state index in [1.54, 1.807) is 0 Å². The van der Waals surface area contributed by atoms with E-state index in [1.807, 2.05) is 0 Å². The monoisotopic (exact) mass is 316 g/mol. The second-order valence-electron chi connectivity index (χ2n) is 3.99. The fourth-order valence-corrected chi connectivity index (χ4v) is 3.07. The van der Waals surface area contributed by atoms with Crippen LogP contribution in [-0.2, 0) is 16.6 Å². The van der Waals surface area contributed by atoms with E-state index >= 15 is 0 Å². The molecule has 1 N–H and O–H groups in total. The Labute approximate surface area is 121 Å². The summed E-state index contributed by atoms with van der Waals surface area (Å²) >= 11 is 5.95. The number of H-pyrrole nitrogens is 1. The standard InChI is InChI=1S/C11H13ClN4O3S/c1-16(6-11-13-7-14-15-11)20(17,18)8-3-4-10(19-2)9(12)5-8/h3-5,7H,6H2,1-2H3,(H,13,14,15). The van der Waals surface area contributed by atoms with Crippen LogP contribution in [0, 0.1) is 0 Å². The molecule has 2 aromatic rings. The van der Waals surface area contributed by atoms with Crippen molar-refractivity contribution in [3.63, 3.8) is 0 Å². The number of ether oxygens (including phenoxy) is 1. The molecule has 0 saturated carbocycles. The Morgan fingerprint density at radius 1 is 1.45 bits per heavy atom. The van der Waals surface area contributed by atoms with Gasteiger partial charge in [0.1, 0.15) is 17.9 Å². The number of halogens is 1. The lowest BCUT2D eigenvalue weighted by atomic mass is 10.3. The molecular weight excluding hydrogens is 304 g/mol. The van der Waals surface area contributed by atoms with Crippen LogP contribution in [-0.4, -0.2) is 42.1 Å². The van der Waals surface area contributed by atoms with Gasteiger partial charge in [-0.3, -0.25) is 5.10 Å². The molecule has 1 aromatic carbocycles. The van der Waals surface area contributed by atoms with Gasteiger partial charge in [0.2, 0.25) is 10.0 Å². The number of nitrogens with one attached hydrogen (secondary N) is 1. The summed E-state index contributed by atoms with van der Waals surface area (Å²) in [6, 6.07) is 4.31. The smallest absolute Gasteiger partial charge is 0.243 e. The van der Waals surface area contributed by atoms with Crippen molar-refractivity contribution in [1.82, 2.24) is 19.5 Å². The summed E-state index contributed by atoms with van der Waals surface area (Å²) in [5.41, 5.74) is 0. The highest BCUT2D eigenvalue weighted by atomic mass is 35.5. The van der Waals surface area contributed by atoms with Crippen molar-refractivity contribution in [3.8, 4) is 5.75 Å². The van der Waals surface area contributed by atoms with Crippen LogP contribution in [0.25, 0.3) is 0 Å². The van der Waals surface area contributed by atoms with Crippen molar-refractivity contribution in [2.45, 2.75) is 11.4 Å². The normalized spacial score (nSPS) is 11.8. The zero-order valence-electron chi connectivity index (χ0n) is 10.9. The van der Waals surface area contributed by atoms with Crippen molar-refractivity contribution < 1.29 is 13.2 Å². The Kier molecular flexibility index (Phi) is 4.26. The number of sulfonamides is 1. The molecule has 0 atom stereocenters. The first-order valence-electron chi connectivity index (χ1n) is 5.59. The van der Waals surface area contributed by atoms with Gasteiger partial charge in [0.15, 0.2) is 0 Å². The van der Waals surface area contributed by atoms with E-state index < -0.39 is 10.0 Å². The molecule has 1 aromatic heterocycles. The third kappa shape index (κ3) is 2.92. The summed E-state index contributed by atoms with van der Waals surface area (Å²) < 4.78 is 30.9. The first kappa shape index (κ1) is 14.8. The van der Waals surface area contributed by atoms with Gasteiger partial charge in [0, 0.05) is 7.05 Å². The summed E-state index contributed by atoms with van der Waals surface area (Å²) in [4.78, 5) is 3.98. The minimum atomic E-state index is -3.66. The molecule has 0 radical (unpaired) electrons. The van der Waals surface area contributed by atoms with Gasteiger partial charge in [-0.05, 0) is 18.2 Å². The van der Waals surface area contributed by atoms with Crippen molar-refractivity contribution in [2.24, 2.45) is 0 Å². The minimum absolute atomic E-state index is 0.0883. The molecule has 0 spiro atoms. The molecule has 0 aliphatic rings. The molecule has 7 nitrogen and oxygen atoms in total. The molecule has 0 aliphatic carbocycles. The molecule has 20 heavy (non-hydrogen) atoms. The summed E-state index contributed by atoms with van der Waals surface area (Å²) in [5, 5.41) is 6.52. The Hall–Kier alpha value is -1.64. The Balaban J connectivity index is 2.27. The summed E-state index contributed by atoms with van der Waals surface area (Å²) in [5.74, 6) is 0.874. The van der Waals surface area contributed by atoms with Gasteiger partial charge in [-0.2, -0.15) is 9.40 Å². The first-order chi connectivity index (χ1) is 9.45. The third-order valence-corrected chi connectivity index (χ3v) is 4.76. The molecule has 0 unspecified atom stereocenters. The highest BCUT2D eigenvalue weighted by Gasteiger charge is 2.22.